The number of halogens is 1. The molecule has 96 valence electrons. The Balaban J connectivity index is 2.28. The van der Waals surface area contributed by atoms with Crippen LogP contribution in [0, 0.1) is 6.92 Å². The van der Waals surface area contributed by atoms with E-state index in [1.165, 1.54) is 0 Å². The highest BCUT2D eigenvalue weighted by Crippen LogP contribution is 2.28. The van der Waals surface area contributed by atoms with Crippen molar-refractivity contribution in [2.45, 2.75) is 26.8 Å². The Kier molecular flexibility index (Phi) is 3.38. The fourth-order valence-electron chi connectivity index (χ4n) is 1.37. The maximum atomic E-state index is 5.83. The van der Waals surface area contributed by atoms with Crippen LogP contribution < -0.4 is 10.5 Å². The smallest absolute Gasteiger partial charge is 0.247 e. The molecule has 0 atom stereocenters. The van der Waals surface area contributed by atoms with Crippen LogP contribution in [-0.4, -0.2) is 19.7 Å². The summed E-state index contributed by atoms with van der Waals surface area (Å²) in [5, 5.41) is 4.27. The molecule has 0 aliphatic rings. The van der Waals surface area contributed by atoms with E-state index < -0.39 is 0 Å². The Labute approximate surface area is 110 Å². The number of hydrogen-bond donors (Lipinski definition) is 1. The molecule has 2 aromatic rings. The predicted octanol–water partition coefficient (Wildman–Crippen LogP) is 2.59. The quantitative estimate of drug-likeness (QED) is 0.865. The summed E-state index contributed by atoms with van der Waals surface area (Å²) in [6, 6.07) is 0.260. The van der Waals surface area contributed by atoms with Crippen LogP contribution in [0.5, 0.6) is 11.6 Å². The predicted molar refractivity (Wildman–Crippen MR) is 68.9 cm³/mol. The average Bonchev–Trinajstić information content (AvgIpc) is 2.74. The summed E-state index contributed by atoms with van der Waals surface area (Å²) >= 11 is 5.77. The molecule has 2 aromatic heterocycles. The van der Waals surface area contributed by atoms with Crippen molar-refractivity contribution in [2.24, 2.45) is 0 Å². The van der Waals surface area contributed by atoms with Crippen LogP contribution in [0.25, 0.3) is 0 Å². The van der Waals surface area contributed by atoms with E-state index in [9.17, 15) is 0 Å². The van der Waals surface area contributed by atoms with E-state index in [4.69, 9.17) is 22.1 Å². The topological polar surface area (TPSA) is 78.9 Å². The van der Waals surface area contributed by atoms with E-state index in [1.54, 1.807) is 24.0 Å². The highest BCUT2D eigenvalue weighted by atomic mass is 35.5. The first-order valence-electron chi connectivity index (χ1n) is 5.49. The molecule has 2 heterocycles. The van der Waals surface area contributed by atoms with Crippen LogP contribution in [0.1, 0.15) is 25.6 Å². The number of nitrogens with two attached hydrogens (primary N) is 1. The number of aryl methyl sites for hydroxylation is 1. The Morgan fingerprint density at radius 3 is 2.72 bits per heavy atom. The van der Waals surface area contributed by atoms with Crippen molar-refractivity contribution in [2.75, 3.05) is 5.73 Å². The minimum absolute atomic E-state index is 0.105. The van der Waals surface area contributed by atoms with Gasteiger partial charge in [-0.05, 0) is 32.4 Å². The number of nitrogens with zero attached hydrogens (tertiary/aromatic N) is 4. The molecule has 0 amide bonds. The van der Waals surface area contributed by atoms with Crippen LogP contribution in [0.4, 0.5) is 5.69 Å². The lowest BCUT2D eigenvalue weighted by Crippen LogP contribution is -2.01. The van der Waals surface area contributed by atoms with Crippen molar-refractivity contribution in [3.05, 3.63) is 23.4 Å². The second-order valence-corrected chi connectivity index (χ2v) is 4.49. The van der Waals surface area contributed by atoms with Gasteiger partial charge in [-0.15, -0.1) is 0 Å². The van der Waals surface area contributed by atoms with E-state index in [0.717, 1.165) is 0 Å². The summed E-state index contributed by atoms with van der Waals surface area (Å²) in [6.45, 7) is 5.79. The van der Waals surface area contributed by atoms with E-state index >= 15 is 0 Å². The zero-order valence-electron chi connectivity index (χ0n) is 10.4. The number of anilines is 1. The van der Waals surface area contributed by atoms with Crippen molar-refractivity contribution in [1.29, 1.82) is 0 Å². The molecule has 18 heavy (non-hydrogen) atoms. The standard InChI is InChI=1S/C11H14ClN5O/c1-6(2)17-5-8(4-14-17)18-10-9(13)7(3)15-11(12)16-10/h4-6H,13H2,1-3H3. The summed E-state index contributed by atoms with van der Waals surface area (Å²) in [6.07, 6.45) is 3.38. The number of rotatable bonds is 3. The van der Waals surface area contributed by atoms with Gasteiger partial charge in [0.1, 0.15) is 5.69 Å². The molecule has 0 bridgehead atoms. The van der Waals surface area contributed by atoms with Gasteiger partial charge in [0.2, 0.25) is 11.2 Å². The Hall–Kier alpha value is -1.82. The summed E-state index contributed by atoms with van der Waals surface area (Å²) in [7, 11) is 0. The van der Waals surface area contributed by atoms with Crippen LogP contribution in [0.3, 0.4) is 0 Å². The minimum Gasteiger partial charge on any atom is -0.434 e. The van der Waals surface area contributed by atoms with Crippen molar-refractivity contribution >= 4 is 17.3 Å². The fraction of sp³-hybridized carbons (Fsp3) is 0.364. The van der Waals surface area contributed by atoms with Crippen molar-refractivity contribution in [3.8, 4) is 11.6 Å². The number of ether oxygens (including phenoxy) is 1. The van der Waals surface area contributed by atoms with Crippen molar-refractivity contribution < 1.29 is 4.74 Å². The first-order valence-corrected chi connectivity index (χ1v) is 5.86. The van der Waals surface area contributed by atoms with Crippen LogP contribution in [-0.2, 0) is 0 Å². The molecule has 0 aliphatic carbocycles. The number of nitrogen functional groups attached to an aromatic ring is 1. The third-order valence-corrected chi connectivity index (χ3v) is 2.56. The van der Waals surface area contributed by atoms with Gasteiger partial charge in [0.05, 0.1) is 18.1 Å². The van der Waals surface area contributed by atoms with E-state index in [2.05, 4.69) is 15.1 Å². The number of aromatic nitrogens is 4. The van der Waals surface area contributed by atoms with Crippen molar-refractivity contribution in [3.63, 3.8) is 0 Å². The largest absolute Gasteiger partial charge is 0.434 e. The van der Waals surface area contributed by atoms with E-state index in [0.29, 0.717) is 17.1 Å². The van der Waals surface area contributed by atoms with Crippen LogP contribution in [0.15, 0.2) is 12.4 Å². The normalized spacial score (nSPS) is 10.9. The van der Waals surface area contributed by atoms with Gasteiger partial charge in [0.25, 0.3) is 0 Å². The first kappa shape index (κ1) is 12.6. The molecule has 0 spiro atoms. The Morgan fingerprint density at radius 1 is 1.39 bits per heavy atom. The molecule has 0 radical (unpaired) electrons. The van der Waals surface area contributed by atoms with Gasteiger partial charge in [-0.25, -0.2) is 4.98 Å². The van der Waals surface area contributed by atoms with Gasteiger partial charge < -0.3 is 10.5 Å². The second kappa shape index (κ2) is 4.81. The monoisotopic (exact) mass is 267 g/mol. The molecule has 0 aromatic carbocycles. The summed E-state index contributed by atoms with van der Waals surface area (Å²) < 4.78 is 7.34. The van der Waals surface area contributed by atoms with Crippen LogP contribution >= 0.6 is 11.6 Å². The Morgan fingerprint density at radius 2 is 2.11 bits per heavy atom. The fourth-order valence-corrected chi connectivity index (χ4v) is 1.57. The van der Waals surface area contributed by atoms with Gasteiger partial charge in [-0.3, -0.25) is 4.68 Å². The van der Waals surface area contributed by atoms with Gasteiger partial charge >= 0.3 is 0 Å². The first-order chi connectivity index (χ1) is 8.47. The van der Waals surface area contributed by atoms with Crippen molar-refractivity contribution in [1.82, 2.24) is 19.7 Å². The average molecular weight is 268 g/mol. The Bertz CT molecular complexity index is 567. The second-order valence-electron chi connectivity index (χ2n) is 4.15. The molecule has 0 unspecified atom stereocenters. The summed E-state index contributed by atoms with van der Waals surface area (Å²) in [5.74, 6) is 0.806. The third-order valence-electron chi connectivity index (χ3n) is 2.40. The molecule has 7 heteroatoms. The molecular formula is C11H14ClN5O. The minimum atomic E-state index is 0.105. The van der Waals surface area contributed by atoms with Gasteiger partial charge in [0.15, 0.2) is 5.75 Å². The lowest BCUT2D eigenvalue weighted by Gasteiger charge is -2.07. The molecule has 0 saturated carbocycles. The number of hydrogen-bond acceptors (Lipinski definition) is 5. The molecule has 6 nitrogen and oxygen atoms in total. The zero-order valence-corrected chi connectivity index (χ0v) is 11.1. The molecular weight excluding hydrogens is 254 g/mol. The van der Waals surface area contributed by atoms with Gasteiger partial charge in [0, 0.05) is 6.04 Å². The SMILES string of the molecule is Cc1nc(Cl)nc(Oc2cnn(C(C)C)c2)c1N. The maximum absolute atomic E-state index is 5.83. The van der Waals surface area contributed by atoms with Gasteiger partial charge in [-0.2, -0.15) is 10.1 Å². The highest BCUT2D eigenvalue weighted by molar-refractivity contribution is 6.28. The van der Waals surface area contributed by atoms with Gasteiger partial charge in [-0.1, -0.05) is 0 Å². The molecule has 0 aliphatic heterocycles. The van der Waals surface area contributed by atoms with E-state index in [1.807, 2.05) is 13.8 Å². The van der Waals surface area contributed by atoms with E-state index in [-0.39, 0.29) is 17.2 Å². The third kappa shape index (κ3) is 2.53. The summed E-state index contributed by atoms with van der Waals surface area (Å²) in [5.41, 5.74) is 6.79. The lowest BCUT2D eigenvalue weighted by molar-refractivity contribution is 0.460. The summed E-state index contributed by atoms with van der Waals surface area (Å²) in [4.78, 5) is 7.89. The molecule has 0 saturated heterocycles. The highest BCUT2D eigenvalue weighted by Gasteiger charge is 2.11. The molecule has 2 rings (SSSR count). The van der Waals surface area contributed by atoms with Crippen LogP contribution in [0.2, 0.25) is 5.28 Å². The maximum Gasteiger partial charge on any atom is 0.247 e. The molecule has 2 N–H and O–H groups in total. The lowest BCUT2D eigenvalue weighted by atomic mass is 10.4. The zero-order chi connectivity index (χ0) is 13.3. The molecule has 0 fully saturated rings.